The summed E-state index contributed by atoms with van der Waals surface area (Å²) >= 11 is 0. The second kappa shape index (κ2) is 9.18. The van der Waals surface area contributed by atoms with Gasteiger partial charge in [0.2, 0.25) is 11.8 Å². The van der Waals surface area contributed by atoms with E-state index in [-0.39, 0.29) is 24.8 Å². The van der Waals surface area contributed by atoms with Crippen molar-refractivity contribution in [1.82, 2.24) is 15.1 Å². The molecule has 0 spiro atoms. The maximum absolute atomic E-state index is 14.5. The van der Waals surface area contributed by atoms with Gasteiger partial charge in [-0.3, -0.25) is 24.6 Å². The molecule has 8 heteroatoms. The van der Waals surface area contributed by atoms with E-state index in [1.165, 1.54) is 28.2 Å². The molecule has 2 fully saturated rings. The van der Waals surface area contributed by atoms with Crippen LogP contribution in [0.2, 0.25) is 0 Å². The third-order valence-corrected chi connectivity index (χ3v) is 7.27. The van der Waals surface area contributed by atoms with E-state index in [1.54, 1.807) is 0 Å². The van der Waals surface area contributed by atoms with Crippen molar-refractivity contribution in [1.29, 1.82) is 0 Å². The van der Waals surface area contributed by atoms with Crippen molar-refractivity contribution in [3.05, 3.63) is 64.5 Å². The normalized spacial score (nSPS) is 21.1. The molecule has 0 saturated carbocycles. The van der Waals surface area contributed by atoms with Crippen molar-refractivity contribution in [2.45, 2.75) is 38.8 Å². The summed E-state index contributed by atoms with van der Waals surface area (Å²) in [5, 5.41) is 2.31. The Morgan fingerprint density at radius 2 is 1.82 bits per heavy atom. The van der Waals surface area contributed by atoms with Crippen LogP contribution < -0.4 is 10.2 Å². The fourth-order valence-electron chi connectivity index (χ4n) is 5.27. The van der Waals surface area contributed by atoms with Gasteiger partial charge in [-0.25, -0.2) is 4.39 Å². The highest BCUT2D eigenvalue weighted by Crippen LogP contribution is 2.35. The molecule has 1 atom stereocenters. The summed E-state index contributed by atoms with van der Waals surface area (Å²) in [5.74, 6) is -1.57. The monoisotopic (exact) mass is 464 g/mol. The third-order valence-electron chi connectivity index (χ3n) is 7.27. The Morgan fingerprint density at radius 3 is 2.56 bits per heavy atom. The zero-order valence-corrected chi connectivity index (χ0v) is 19.3. The lowest BCUT2D eigenvalue weighted by Gasteiger charge is -2.37. The number of hydrogen-bond donors (Lipinski definition) is 1. The first-order chi connectivity index (χ1) is 16.4. The van der Waals surface area contributed by atoms with E-state index in [1.807, 2.05) is 0 Å². The second-order valence-corrected chi connectivity index (χ2v) is 9.36. The van der Waals surface area contributed by atoms with Gasteiger partial charge in [0.1, 0.15) is 11.9 Å². The van der Waals surface area contributed by atoms with Crippen molar-refractivity contribution < 1.29 is 18.8 Å². The number of imide groups is 1. The summed E-state index contributed by atoms with van der Waals surface area (Å²) in [7, 11) is 0. The molecule has 3 amide bonds. The first-order valence-corrected chi connectivity index (χ1v) is 11.9. The fourth-order valence-corrected chi connectivity index (χ4v) is 5.27. The minimum Gasteiger partial charge on any atom is -0.369 e. The molecule has 5 rings (SSSR count). The Kier molecular flexibility index (Phi) is 6.08. The predicted octanol–water partition coefficient (Wildman–Crippen LogP) is 2.26. The molecule has 3 aliphatic rings. The number of anilines is 1. The number of amides is 3. The number of carbonyl (C=O) groups is 3. The Morgan fingerprint density at radius 1 is 1.06 bits per heavy atom. The predicted molar refractivity (Wildman–Crippen MR) is 126 cm³/mol. The molecule has 0 radical (unpaired) electrons. The topological polar surface area (TPSA) is 73.0 Å². The SMILES string of the molecule is Cc1ccccc1CCN1CCN(c2cc(F)cc3c2CN(C2CCC(=O)NC2=O)C3=O)CC1. The molecule has 0 bridgehead atoms. The van der Waals surface area contributed by atoms with Gasteiger partial charge >= 0.3 is 0 Å². The number of hydrogen-bond acceptors (Lipinski definition) is 5. The molecule has 0 aromatic heterocycles. The van der Waals surface area contributed by atoms with E-state index in [0.717, 1.165) is 50.4 Å². The van der Waals surface area contributed by atoms with Gasteiger partial charge in [0.25, 0.3) is 5.91 Å². The van der Waals surface area contributed by atoms with Crippen molar-refractivity contribution in [2.75, 3.05) is 37.6 Å². The first-order valence-electron chi connectivity index (χ1n) is 11.9. The molecular formula is C26H29FN4O3. The average molecular weight is 465 g/mol. The quantitative estimate of drug-likeness (QED) is 0.688. The highest BCUT2D eigenvalue weighted by atomic mass is 19.1. The maximum Gasteiger partial charge on any atom is 0.255 e. The van der Waals surface area contributed by atoms with E-state index < -0.39 is 17.8 Å². The number of halogens is 1. The first kappa shape index (κ1) is 22.5. The van der Waals surface area contributed by atoms with Crippen molar-refractivity contribution >= 4 is 23.4 Å². The number of piperidine rings is 1. The molecule has 0 aliphatic carbocycles. The number of rotatable bonds is 5. The molecule has 2 aromatic carbocycles. The number of carbonyl (C=O) groups excluding carboxylic acids is 3. The zero-order chi connectivity index (χ0) is 23.8. The van der Waals surface area contributed by atoms with E-state index in [9.17, 15) is 18.8 Å². The number of fused-ring (bicyclic) bond motifs is 1. The van der Waals surface area contributed by atoms with Gasteiger partial charge in [-0.2, -0.15) is 0 Å². The lowest BCUT2D eigenvalue weighted by molar-refractivity contribution is -0.136. The smallest absolute Gasteiger partial charge is 0.255 e. The largest absolute Gasteiger partial charge is 0.369 e. The number of nitrogens with one attached hydrogen (secondary N) is 1. The summed E-state index contributed by atoms with van der Waals surface area (Å²) in [6.07, 6.45) is 1.49. The van der Waals surface area contributed by atoms with Gasteiger partial charge in [-0.05, 0) is 43.0 Å². The average Bonchev–Trinajstić information content (AvgIpc) is 3.14. The Balaban J connectivity index is 1.27. The molecule has 1 unspecified atom stereocenters. The standard InChI is InChI=1S/C26H29FN4O3/c1-17-4-2-3-5-18(17)8-9-29-10-12-30(13-11-29)23-15-19(27)14-20-21(23)16-31(26(20)34)22-6-7-24(32)28-25(22)33/h2-5,14-15,22H,6-13,16H2,1H3,(H,28,32,33). The van der Waals surface area contributed by atoms with Crippen LogP contribution in [0.3, 0.4) is 0 Å². The van der Waals surface area contributed by atoms with Crippen molar-refractivity contribution in [2.24, 2.45) is 0 Å². The number of nitrogens with zero attached hydrogens (tertiary/aromatic N) is 3. The minimum atomic E-state index is -0.702. The summed E-state index contributed by atoms with van der Waals surface area (Å²) < 4.78 is 14.5. The highest BCUT2D eigenvalue weighted by Gasteiger charge is 2.41. The molecule has 34 heavy (non-hydrogen) atoms. The van der Waals surface area contributed by atoms with Crippen LogP contribution in [0.15, 0.2) is 36.4 Å². The van der Waals surface area contributed by atoms with E-state index >= 15 is 0 Å². The van der Waals surface area contributed by atoms with Crippen LogP contribution in [0.4, 0.5) is 10.1 Å². The van der Waals surface area contributed by atoms with Crippen LogP contribution >= 0.6 is 0 Å². The number of piperazine rings is 1. The van der Waals surface area contributed by atoms with E-state index in [4.69, 9.17) is 0 Å². The van der Waals surface area contributed by atoms with Gasteiger partial charge in [-0.1, -0.05) is 24.3 Å². The molecule has 2 saturated heterocycles. The lowest BCUT2D eigenvalue weighted by atomic mass is 10.0. The van der Waals surface area contributed by atoms with Crippen molar-refractivity contribution in [3.8, 4) is 0 Å². The van der Waals surface area contributed by atoms with E-state index in [0.29, 0.717) is 12.0 Å². The van der Waals surface area contributed by atoms with E-state index in [2.05, 4.69) is 46.3 Å². The molecule has 7 nitrogen and oxygen atoms in total. The Bertz CT molecular complexity index is 1140. The van der Waals surface area contributed by atoms with Crippen LogP contribution in [0.25, 0.3) is 0 Å². The van der Waals surface area contributed by atoms with Crippen molar-refractivity contribution in [3.63, 3.8) is 0 Å². The fraction of sp³-hybridized carbons (Fsp3) is 0.423. The Hall–Kier alpha value is -3.26. The molecular weight excluding hydrogens is 435 g/mol. The van der Waals surface area contributed by atoms with Crippen LogP contribution in [0.5, 0.6) is 0 Å². The minimum absolute atomic E-state index is 0.197. The summed E-state index contributed by atoms with van der Waals surface area (Å²) in [6.45, 7) is 6.58. The molecule has 3 aliphatic heterocycles. The van der Waals surface area contributed by atoms with Crippen LogP contribution in [0, 0.1) is 12.7 Å². The van der Waals surface area contributed by atoms with Gasteiger partial charge in [-0.15, -0.1) is 0 Å². The maximum atomic E-state index is 14.5. The molecule has 1 N–H and O–H groups in total. The van der Waals surface area contributed by atoms with Gasteiger partial charge < -0.3 is 9.80 Å². The lowest BCUT2D eigenvalue weighted by Crippen LogP contribution is -2.52. The summed E-state index contributed by atoms with van der Waals surface area (Å²) in [4.78, 5) is 43.0. The second-order valence-electron chi connectivity index (χ2n) is 9.36. The van der Waals surface area contributed by atoms with Gasteiger partial charge in [0.15, 0.2) is 0 Å². The molecule has 3 heterocycles. The molecule has 2 aromatic rings. The van der Waals surface area contributed by atoms with Crippen LogP contribution in [-0.2, 0) is 22.6 Å². The van der Waals surface area contributed by atoms with Gasteiger partial charge in [0, 0.05) is 62.5 Å². The number of benzene rings is 2. The zero-order valence-electron chi connectivity index (χ0n) is 19.3. The number of aryl methyl sites for hydroxylation is 1. The molecule has 178 valence electrons. The Labute approximate surface area is 198 Å². The van der Waals surface area contributed by atoms with Crippen LogP contribution in [-0.4, -0.2) is 66.3 Å². The third kappa shape index (κ3) is 4.30. The van der Waals surface area contributed by atoms with Gasteiger partial charge in [0.05, 0.1) is 0 Å². The summed E-state index contributed by atoms with van der Waals surface area (Å²) in [5.41, 5.74) is 4.49. The highest BCUT2D eigenvalue weighted by molar-refractivity contribution is 6.06. The van der Waals surface area contributed by atoms with Crippen LogP contribution in [0.1, 0.15) is 39.9 Å². The summed E-state index contributed by atoms with van der Waals surface area (Å²) in [6, 6.07) is 10.5.